The Hall–Kier alpha value is 0.310. The van der Waals surface area contributed by atoms with Gasteiger partial charge >= 0.3 is 0 Å². The van der Waals surface area contributed by atoms with Gasteiger partial charge in [-0.05, 0) is 12.7 Å². The molecule has 0 atom stereocenters. The van der Waals surface area contributed by atoms with E-state index in [9.17, 15) is 0 Å². The van der Waals surface area contributed by atoms with E-state index in [1.165, 1.54) is 44.9 Å². The van der Waals surface area contributed by atoms with Crippen molar-refractivity contribution in [2.45, 2.75) is 51.9 Å². The number of unbranched alkanes of at least 4 members (excludes halogenated alkanes) is 6. The third-order valence-electron chi connectivity index (χ3n) is 2.32. The van der Waals surface area contributed by atoms with Crippen LogP contribution in [0.5, 0.6) is 0 Å². The van der Waals surface area contributed by atoms with Gasteiger partial charge in [-0.25, -0.2) is 0 Å². The lowest BCUT2D eigenvalue weighted by Crippen LogP contribution is -1.98. The molecule has 2 heteroatoms. The average Bonchev–Trinajstić information content (AvgIpc) is 2.21. The van der Waals surface area contributed by atoms with Gasteiger partial charge in [0.1, 0.15) is 0 Å². The molecule has 0 heterocycles. The quantitative estimate of drug-likeness (QED) is 0.483. The molecule has 0 bridgehead atoms. The highest BCUT2D eigenvalue weighted by Crippen LogP contribution is 2.06. The van der Waals surface area contributed by atoms with Gasteiger partial charge in [-0.15, -0.1) is 0 Å². The largest absolute Gasteiger partial charge is 0.381 e. The summed E-state index contributed by atoms with van der Waals surface area (Å²) in [5.74, 6) is 1.14. The first-order valence-electron chi connectivity index (χ1n) is 5.98. The zero-order chi connectivity index (χ0) is 10.5. The van der Waals surface area contributed by atoms with E-state index in [0.717, 1.165) is 19.0 Å². The summed E-state index contributed by atoms with van der Waals surface area (Å²) >= 11 is 1.85. The molecule has 0 saturated carbocycles. The monoisotopic (exact) mass is 218 g/mol. The predicted molar refractivity (Wildman–Crippen MR) is 67.2 cm³/mol. The fraction of sp³-hybridized carbons (Fsp3) is 1.00. The van der Waals surface area contributed by atoms with Crippen LogP contribution in [0, 0.1) is 0 Å². The molecule has 0 aromatic rings. The highest BCUT2D eigenvalue weighted by atomic mass is 32.2. The Morgan fingerprint density at radius 3 is 2.14 bits per heavy atom. The molecule has 0 radical (unpaired) electrons. The van der Waals surface area contributed by atoms with Crippen LogP contribution in [0.2, 0.25) is 0 Å². The number of hydrogen-bond acceptors (Lipinski definition) is 2. The maximum Gasteiger partial charge on any atom is 0.0556 e. The van der Waals surface area contributed by atoms with E-state index >= 15 is 0 Å². The van der Waals surface area contributed by atoms with Crippen molar-refractivity contribution >= 4 is 11.8 Å². The summed E-state index contributed by atoms with van der Waals surface area (Å²) < 4.78 is 5.48. The normalized spacial score (nSPS) is 10.7. The standard InChI is InChI=1S/C12H26OS/c1-3-4-5-6-7-8-9-10-13-11-12-14-2/h3-12H2,1-2H3. The van der Waals surface area contributed by atoms with Crippen LogP contribution >= 0.6 is 11.8 Å². The van der Waals surface area contributed by atoms with Crippen LogP contribution in [0.3, 0.4) is 0 Å². The van der Waals surface area contributed by atoms with E-state index in [1.807, 2.05) is 11.8 Å². The molecule has 0 saturated heterocycles. The maximum absolute atomic E-state index is 5.48. The van der Waals surface area contributed by atoms with Crippen molar-refractivity contribution in [3.63, 3.8) is 0 Å². The molecule has 0 unspecified atom stereocenters. The van der Waals surface area contributed by atoms with E-state index in [2.05, 4.69) is 13.2 Å². The summed E-state index contributed by atoms with van der Waals surface area (Å²) in [6.07, 6.45) is 11.7. The van der Waals surface area contributed by atoms with Crippen LogP contribution in [-0.4, -0.2) is 25.2 Å². The molecule has 0 aliphatic rings. The molecular formula is C12H26OS. The topological polar surface area (TPSA) is 9.23 Å². The highest BCUT2D eigenvalue weighted by molar-refractivity contribution is 7.98. The third-order valence-corrected chi connectivity index (χ3v) is 2.90. The number of ether oxygens (including phenoxy) is 1. The zero-order valence-corrected chi connectivity index (χ0v) is 10.7. The fourth-order valence-corrected chi connectivity index (χ4v) is 1.69. The summed E-state index contributed by atoms with van der Waals surface area (Å²) in [7, 11) is 0. The molecule has 0 aromatic heterocycles. The van der Waals surface area contributed by atoms with Crippen LogP contribution in [0.15, 0.2) is 0 Å². The van der Waals surface area contributed by atoms with Crippen LogP contribution in [0.25, 0.3) is 0 Å². The molecule has 0 N–H and O–H groups in total. The lowest BCUT2D eigenvalue weighted by atomic mass is 10.1. The summed E-state index contributed by atoms with van der Waals surface area (Å²) in [5, 5.41) is 0. The first-order valence-corrected chi connectivity index (χ1v) is 7.38. The molecule has 0 aliphatic carbocycles. The maximum atomic E-state index is 5.48. The van der Waals surface area contributed by atoms with Crippen molar-refractivity contribution in [1.82, 2.24) is 0 Å². The van der Waals surface area contributed by atoms with Crippen molar-refractivity contribution in [2.75, 3.05) is 25.2 Å². The van der Waals surface area contributed by atoms with E-state index in [1.54, 1.807) is 0 Å². The van der Waals surface area contributed by atoms with Crippen molar-refractivity contribution in [1.29, 1.82) is 0 Å². The Morgan fingerprint density at radius 2 is 1.50 bits per heavy atom. The van der Waals surface area contributed by atoms with Crippen LogP contribution in [-0.2, 0) is 4.74 Å². The van der Waals surface area contributed by atoms with Crippen molar-refractivity contribution in [3.8, 4) is 0 Å². The van der Waals surface area contributed by atoms with Gasteiger partial charge in [-0.1, -0.05) is 45.4 Å². The number of thioether (sulfide) groups is 1. The molecule has 1 nitrogen and oxygen atoms in total. The van der Waals surface area contributed by atoms with E-state index in [4.69, 9.17) is 4.74 Å². The van der Waals surface area contributed by atoms with Crippen molar-refractivity contribution in [3.05, 3.63) is 0 Å². The Bertz CT molecular complexity index is 84.3. The molecule has 0 aromatic carbocycles. The number of hydrogen-bond donors (Lipinski definition) is 0. The SMILES string of the molecule is CCCCCCCCCOCCSC. The minimum Gasteiger partial charge on any atom is -0.381 e. The summed E-state index contributed by atoms with van der Waals surface area (Å²) in [5.41, 5.74) is 0. The van der Waals surface area contributed by atoms with E-state index < -0.39 is 0 Å². The van der Waals surface area contributed by atoms with Gasteiger partial charge in [-0.3, -0.25) is 0 Å². The number of rotatable bonds is 11. The van der Waals surface area contributed by atoms with Gasteiger partial charge in [0.15, 0.2) is 0 Å². The fourth-order valence-electron chi connectivity index (χ4n) is 1.41. The van der Waals surface area contributed by atoms with Crippen molar-refractivity contribution < 1.29 is 4.74 Å². The third kappa shape index (κ3) is 12.3. The average molecular weight is 218 g/mol. The van der Waals surface area contributed by atoms with E-state index in [-0.39, 0.29) is 0 Å². The second-order valence-electron chi connectivity index (χ2n) is 3.73. The van der Waals surface area contributed by atoms with Gasteiger partial charge in [-0.2, -0.15) is 11.8 Å². The van der Waals surface area contributed by atoms with Gasteiger partial charge in [0.25, 0.3) is 0 Å². The molecule has 0 rings (SSSR count). The van der Waals surface area contributed by atoms with E-state index in [0.29, 0.717) is 0 Å². The molecule has 0 aliphatic heterocycles. The van der Waals surface area contributed by atoms with Gasteiger partial charge < -0.3 is 4.74 Å². The van der Waals surface area contributed by atoms with Crippen LogP contribution in [0.1, 0.15) is 51.9 Å². The lowest BCUT2D eigenvalue weighted by Gasteiger charge is -2.03. The summed E-state index contributed by atoms with van der Waals surface area (Å²) in [6.45, 7) is 4.16. The molecule has 14 heavy (non-hydrogen) atoms. The molecule has 0 spiro atoms. The molecule has 0 fully saturated rings. The minimum atomic E-state index is 0.928. The molecule has 86 valence electrons. The van der Waals surface area contributed by atoms with Gasteiger partial charge in [0, 0.05) is 12.4 Å². The minimum absolute atomic E-state index is 0.928. The van der Waals surface area contributed by atoms with Crippen LogP contribution in [0.4, 0.5) is 0 Å². The highest BCUT2D eigenvalue weighted by Gasteiger charge is 1.91. The molecule has 0 amide bonds. The first kappa shape index (κ1) is 14.3. The lowest BCUT2D eigenvalue weighted by molar-refractivity contribution is 0.145. The second kappa shape index (κ2) is 13.3. The Kier molecular flexibility index (Phi) is 13.6. The second-order valence-corrected chi connectivity index (χ2v) is 4.71. The molecular weight excluding hydrogens is 192 g/mol. The Balaban J connectivity index is 2.78. The Morgan fingerprint density at radius 1 is 0.857 bits per heavy atom. The van der Waals surface area contributed by atoms with Gasteiger partial charge in [0.2, 0.25) is 0 Å². The zero-order valence-electron chi connectivity index (χ0n) is 9.89. The Labute approximate surface area is 94.0 Å². The predicted octanol–water partition coefficient (Wildman–Crippen LogP) is 4.12. The smallest absolute Gasteiger partial charge is 0.0556 e. The van der Waals surface area contributed by atoms with Crippen LogP contribution < -0.4 is 0 Å². The summed E-state index contributed by atoms with van der Waals surface area (Å²) in [4.78, 5) is 0. The summed E-state index contributed by atoms with van der Waals surface area (Å²) in [6, 6.07) is 0. The first-order chi connectivity index (χ1) is 6.91. The van der Waals surface area contributed by atoms with Crippen molar-refractivity contribution in [2.24, 2.45) is 0 Å². The van der Waals surface area contributed by atoms with Gasteiger partial charge in [0.05, 0.1) is 6.61 Å².